The molecule has 0 atom stereocenters. The highest BCUT2D eigenvalue weighted by Gasteiger charge is 2.22. The lowest BCUT2D eigenvalue weighted by atomic mass is 10.1. The zero-order valence-corrected chi connectivity index (χ0v) is 15.1. The summed E-state index contributed by atoms with van der Waals surface area (Å²) in [5.41, 5.74) is 1.33. The predicted molar refractivity (Wildman–Crippen MR) is 107 cm³/mol. The van der Waals surface area contributed by atoms with Crippen molar-refractivity contribution in [2.75, 3.05) is 5.32 Å². The van der Waals surface area contributed by atoms with E-state index in [1.807, 2.05) is 41.8 Å². The molecule has 2 aromatic carbocycles. The molecular weight excluding hydrogens is 366 g/mol. The Morgan fingerprint density at radius 2 is 1.81 bits per heavy atom. The van der Waals surface area contributed by atoms with Crippen molar-refractivity contribution in [1.82, 2.24) is 0 Å². The topological polar surface area (TPSA) is 62.5 Å². The van der Waals surface area contributed by atoms with E-state index in [4.69, 9.17) is 16.6 Å². The molecule has 4 nitrogen and oxygen atoms in total. The van der Waals surface area contributed by atoms with Gasteiger partial charge >= 0.3 is 0 Å². The van der Waals surface area contributed by atoms with Crippen LogP contribution in [0.3, 0.4) is 0 Å². The predicted octanol–water partition coefficient (Wildman–Crippen LogP) is 5.22. The van der Waals surface area contributed by atoms with Gasteiger partial charge in [-0.1, -0.05) is 42.5 Å². The lowest BCUT2D eigenvalue weighted by molar-refractivity contribution is 0.102. The first-order chi connectivity index (χ1) is 12.6. The molecule has 128 valence electrons. The molecule has 4 rings (SSSR count). The Morgan fingerprint density at radius 1 is 1.04 bits per heavy atom. The number of rotatable bonds is 4. The number of nitrogens with one attached hydrogen (secondary N) is 1. The summed E-state index contributed by atoms with van der Waals surface area (Å²) in [5.74, 6) is -0.0718. The van der Waals surface area contributed by atoms with Gasteiger partial charge in [0.25, 0.3) is 5.91 Å². The fourth-order valence-electron chi connectivity index (χ4n) is 2.70. The van der Waals surface area contributed by atoms with Gasteiger partial charge in [0.15, 0.2) is 5.76 Å². The number of phenolic OH excluding ortho intramolecular Hbond substituents is 1. The maximum absolute atomic E-state index is 12.7. The lowest BCUT2D eigenvalue weighted by Gasteiger charge is -2.08. The molecule has 0 bridgehead atoms. The van der Waals surface area contributed by atoms with Crippen LogP contribution in [0, 0.1) is 0 Å². The number of thiophene rings is 1. The minimum atomic E-state index is -0.426. The molecule has 2 aromatic heterocycles. The Balaban J connectivity index is 1.80. The molecule has 0 saturated carbocycles. The molecule has 0 fully saturated rings. The average molecular weight is 379 g/mol. The quantitative estimate of drug-likeness (QED) is 0.377. The number of aromatic hydroxyl groups is 1. The Morgan fingerprint density at radius 3 is 2.58 bits per heavy atom. The molecule has 0 aliphatic heterocycles. The molecular formula is C20H13NO3S2. The van der Waals surface area contributed by atoms with E-state index in [9.17, 15) is 9.90 Å². The lowest BCUT2D eigenvalue weighted by Crippen LogP contribution is -2.14. The van der Waals surface area contributed by atoms with E-state index in [0.717, 1.165) is 10.3 Å². The summed E-state index contributed by atoms with van der Waals surface area (Å²) in [6.45, 7) is 0. The Bertz CT molecular complexity index is 1110. The molecule has 6 heteroatoms. The maximum Gasteiger partial charge on any atom is 0.259 e. The van der Waals surface area contributed by atoms with E-state index in [2.05, 4.69) is 5.32 Å². The number of amides is 1. The van der Waals surface area contributed by atoms with Crippen LogP contribution in [0.1, 0.15) is 21.0 Å². The number of thiocarbonyl (C=S) groups is 1. The maximum atomic E-state index is 12.7. The van der Waals surface area contributed by atoms with Gasteiger partial charge in [0.2, 0.25) is 0 Å². The minimum Gasteiger partial charge on any atom is -0.507 e. The largest absolute Gasteiger partial charge is 0.507 e. The second kappa shape index (κ2) is 6.74. The first kappa shape index (κ1) is 16.5. The smallest absolute Gasteiger partial charge is 0.259 e. The zero-order chi connectivity index (χ0) is 18.1. The number of benzene rings is 2. The standard InChI is InChI=1S/C20H13NO3S2/c22-14-8-3-1-6-12(14)20(23)21-17-13-7-2-4-9-15(13)24-18(17)19(25)16-10-5-11-26-16/h1-11,22H,(H,21,23). The third-order valence-electron chi connectivity index (χ3n) is 3.93. The molecule has 4 aromatic rings. The third-order valence-corrected chi connectivity index (χ3v) is 5.36. The zero-order valence-electron chi connectivity index (χ0n) is 13.4. The van der Waals surface area contributed by atoms with Crippen LogP contribution < -0.4 is 5.32 Å². The van der Waals surface area contributed by atoms with E-state index < -0.39 is 5.91 Å². The van der Waals surface area contributed by atoms with Crippen molar-refractivity contribution < 1.29 is 14.3 Å². The van der Waals surface area contributed by atoms with Crippen LogP contribution in [0.2, 0.25) is 0 Å². The van der Waals surface area contributed by atoms with Gasteiger partial charge in [-0.25, -0.2) is 0 Å². The van der Waals surface area contributed by atoms with Crippen molar-refractivity contribution in [3.63, 3.8) is 0 Å². The molecule has 2 heterocycles. The third kappa shape index (κ3) is 2.89. The molecule has 0 aliphatic carbocycles. The Kier molecular flexibility index (Phi) is 4.28. The van der Waals surface area contributed by atoms with Gasteiger partial charge < -0.3 is 14.8 Å². The van der Waals surface area contributed by atoms with Crippen molar-refractivity contribution in [2.45, 2.75) is 0 Å². The summed E-state index contributed by atoms with van der Waals surface area (Å²) in [4.78, 5) is 14.1. The van der Waals surface area contributed by atoms with Crippen LogP contribution in [0.4, 0.5) is 5.69 Å². The van der Waals surface area contributed by atoms with Crippen LogP contribution in [-0.4, -0.2) is 15.9 Å². The molecule has 0 spiro atoms. The number of hydrogen-bond acceptors (Lipinski definition) is 5. The van der Waals surface area contributed by atoms with E-state index in [0.29, 0.717) is 21.9 Å². The molecule has 1 amide bonds. The van der Waals surface area contributed by atoms with Gasteiger partial charge in [0.1, 0.15) is 11.3 Å². The number of carbonyl (C=O) groups is 1. The van der Waals surface area contributed by atoms with Crippen molar-refractivity contribution in [1.29, 1.82) is 0 Å². The number of fused-ring (bicyclic) bond motifs is 1. The molecule has 0 unspecified atom stereocenters. The van der Waals surface area contributed by atoms with Crippen molar-refractivity contribution in [3.8, 4) is 5.75 Å². The van der Waals surface area contributed by atoms with Gasteiger partial charge in [0, 0.05) is 10.3 Å². The van der Waals surface area contributed by atoms with Gasteiger partial charge in [-0.2, -0.15) is 0 Å². The van der Waals surface area contributed by atoms with Crippen molar-refractivity contribution >= 4 is 51.0 Å². The van der Waals surface area contributed by atoms with Crippen LogP contribution in [0.15, 0.2) is 70.5 Å². The number of furan rings is 1. The van der Waals surface area contributed by atoms with E-state index in [-0.39, 0.29) is 11.3 Å². The second-order valence-corrected chi connectivity index (χ2v) is 6.94. The van der Waals surface area contributed by atoms with Gasteiger partial charge in [0.05, 0.1) is 16.1 Å². The number of para-hydroxylation sites is 2. The van der Waals surface area contributed by atoms with Crippen molar-refractivity contribution in [2.24, 2.45) is 0 Å². The molecule has 26 heavy (non-hydrogen) atoms. The summed E-state index contributed by atoms with van der Waals surface area (Å²) < 4.78 is 5.94. The van der Waals surface area contributed by atoms with E-state index >= 15 is 0 Å². The Labute approximate surface area is 158 Å². The fourth-order valence-corrected chi connectivity index (χ4v) is 3.71. The van der Waals surface area contributed by atoms with Gasteiger partial charge in [-0.05, 0) is 35.7 Å². The molecule has 2 N–H and O–H groups in total. The highest BCUT2D eigenvalue weighted by Crippen LogP contribution is 2.34. The monoisotopic (exact) mass is 379 g/mol. The number of phenols is 1. The summed E-state index contributed by atoms with van der Waals surface area (Å²) in [6.07, 6.45) is 0. The summed E-state index contributed by atoms with van der Waals surface area (Å²) >= 11 is 7.09. The fraction of sp³-hybridized carbons (Fsp3) is 0. The number of anilines is 1. The van der Waals surface area contributed by atoms with Crippen LogP contribution in [0.5, 0.6) is 5.75 Å². The number of hydrogen-bond donors (Lipinski definition) is 2. The summed E-state index contributed by atoms with van der Waals surface area (Å²) in [7, 11) is 0. The first-order valence-electron chi connectivity index (χ1n) is 7.84. The molecule has 0 aliphatic rings. The molecule has 0 saturated heterocycles. The summed E-state index contributed by atoms with van der Waals surface area (Å²) in [6, 6.07) is 17.6. The van der Waals surface area contributed by atoms with E-state index in [1.165, 1.54) is 17.4 Å². The SMILES string of the molecule is O=C(Nc1c(C(=S)c2cccs2)oc2ccccc12)c1ccccc1O. The highest BCUT2D eigenvalue weighted by atomic mass is 32.1. The minimum absolute atomic E-state index is 0.0832. The number of carbonyl (C=O) groups excluding carboxylic acids is 1. The van der Waals surface area contributed by atoms with Crippen LogP contribution >= 0.6 is 23.6 Å². The van der Waals surface area contributed by atoms with E-state index in [1.54, 1.807) is 18.2 Å². The van der Waals surface area contributed by atoms with Gasteiger partial charge in [-0.3, -0.25) is 4.79 Å². The van der Waals surface area contributed by atoms with Gasteiger partial charge in [-0.15, -0.1) is 11.3 Å². The normalized spacial score (nSPS) is 10.8. The Hall–Kier alpha value is -2.96. The average Bonchev–Trinajstić information content (AvgIpc) is 3.30. The van der Waals surface area contributed by atoms with Crippen LogP contribution in [-0.2, 0) is 0 Å². The molecule has 0 radical (unpaired) electrons. The second-order valence-electron chi connectivity index (χ2n) is 5.58. The highest BCUT2D eigenvalue weighted by molar-refractivity contribution is 7.81. The summed E-state index contributed by atoms with van der Waals surface area (Å²) in [5, 5.41) is 15.5. The van der Waals surface area contributed by atoms with Crippen molar-refractivity contribution in [3.05, 3.63) is 82.2 Å². The first-order valence-corrected chi connectivity index (χ1v) is 9.13. The van der Waals surface area contributed by atoms with Crippen LogP contribution in [0.25, 0.3) is 11.0 Å².